The van der Waals surface area contributed by atoms with Crippen molar-refractivity contribution in [3.63, 3.8) is 0 Å². The number of anilines is 1. The standard InChI is InChI=1S/C16H19N3O3S/c1-16(2,15(21)22)19-8-10(7-17-19)18-14(20)12-9-23-13-6-4-3-5-11(12)13/h7-9H,3-6H2,1-2H3,(H,18,20)(H,21,22). The van der Waals surface area contributed by atoms with Crippen molar-refractivity contribution < 1.29 is 14.7 Å². The normalized spacial score (nSPS) is 14.3. The number of aliphatic carboxylic acids is 1. The van der Waals surface area contributed by atoms with E-state index in [1.807, 2.05) is 5.38 Å². The van der Waals surface area contributed by atoms with Crippen LogP contribution in [0.25, 0.3) is 0 Å². The summed E-state index contributed by atoms with van der Waals surface area (Å²) in [5.74, 6) is -1.14. The van der Waals surface area contributed by atoms with Crippen LogP contribution in [-0.2, 0) is 23.2 Å². The molecule has 2 heterocycles. The first-order valence-corrected chi connectivity index (χ1v) is 8.46. The maximum atomic E-state index is 12.5. The monoisotopic (exact) mass is 333 g/mol. The Hall–Kier alpha value is -2.15. The van der Waals surface area contributed by atoms with Crippen LogP contribution in [0.2, 0.25) is 0 Å². The molecule has 0 atom stereocenters. The van der Waals surface area contributed by atoms with Gasteiger partial charge < -0.3 is 10.4 Å². The summed E-state index contributed by atoms with van der Waals surface area (Å²) in [6, 6.07) is 0. The third-order valence-corrected chi connectivity index (χ3v) is 5.33. The quantitative estimate of drug-likeness (QED) is 0.901. The van der Waals surface area contributed by atoms with Crippen molar-refractivity contribution in [1.29, 1.82) is 0 Å². The predicted octanol–water partition coefficient (Wildman–Crippen LogP) is 2.90. The topological polar surface area (TPSA) is 84.2 Å². The van der Waals surface area contributed by atoms with Crippen LogP contribution >= 0.6 is 11.3 Å². The van der Waals surface area contributed by atoms with Gasteiger partial charge in [-0.05, 0) is 45.1 Å². The van der Waals surface area contributed by atoms with Crippen LogP contribution in [0, 0.1) is 0 Å². The van der Waals surface area contributed by atoms with E-state index in [9.17, 15) is 14.7 Å². The van der Waals surface area contributed by atoms with E-state index < -0.39 is 11.5 Å². The number of thiophene rings is 1. The van der Waals surface area contributed by atoms with Crippen LogP contribution in [0.1, 0.15) is 47.5 Å². The van der Waals surface area contributed by atoms with Gasteiger partial charge in [-0.3, -0.25) is 9.48 Å². The van der Waals surface area contributed by atoms with E-state index in [1.165, 1.54) is 22.2 Å². The van der Waals surface area contributed by atoms with Gasteiger partial charge in [0.05, 0.1) is 17.4 Å². The number of aryl methyl sites for hydroxylation is 1. The lowest BCUT2D eigenvalue weighted by molar-refractivity contribution is -0.146. The number of amides is 1. The Morgan fingerprint density at radius 3 is 2.83 bits per heavy atom. The molecule has 1 amide bonds. The van der Waals surface area contributed by atoms with E-state index in [0.717, 1.165) is 30.4 Å². The van der Waals surface area contributed by atoms with Crippen LogP contribution in [0.5, 0.6) is 0 Å². The largest absolute Gasteiger partial charge is 0.479 e. The lowest BCUT2D eigenvalue weighted by Gasteiger charge is -2.19. The van der Waals surface area contributed by atoms with Gasteiger partial charge in [-0.2, -0.15) is 5.10 Å². The van der Waals surface area contributed by atoms with Crippen LogP contribution < -0.4 is 5.32 Å². The molecule has 1 aliphatic rings. The summed E-state index contributed by atoms with van der Waals surface area (Å²) in [5, 5.41) is 18.0. The van der Waals surface area contributed by atoms with Gasteiger partial charge in [0.2, 0.25) is 0 Å². The lowest BCUT2D eigenvalue weighted by Crippen LogP contribution is -2.35. The Labute approximate surface area is 138 Å². The smallest absolute Gasteiger partial charge is 0.331 e. The van der Waals surface area contributed by atoms with Gasteiger partial charge in [-0.1, -0.05) is 0 Å². The minimum absolute atomic E-state index is 0.155. The average molecular weight is 333 g/mol. The molecular formula is C16H19N3O3S. The predicted molar refractivity (Wildman–Crippen MR) is 88.1 cm³/mol. The summed E-state index contributed by atoms with van der Waals surface area (Å²) < 4.78 is 1.34. The number of nitrogens with zero attached hydrogens (tertiary/aromatic N) is 2. The molecule has 0 saturated carbocycles. The number of carboxylic acid groups (broad SMARTS) is 1. The molecule has 0 radical (unpaired) electrons. The van der Waals surface area contributed by atoms with Gasteiger partial charge >= 0.3 is 5.97 Å². The first kappa shape index (κ1) is 15.7. The zero-order chi connectivity index (χ0) is 16.6. The Morgan fingerprint density at radius 2 is 2.09 bits per heavy atom. The van der Waals surface area contributed by atoms with Gasteiger partial charge in [0.15, 0.2) is 5.54 Å². The van der Waals surface area contributed by atoms with Crippen molar-refractivity contribution in [3.8, 4) is 0 Å². The van der Waals surface area contributed by atoms with E-state index in [0.29, 0.717) is 5.69 Å². The van der Waals surface area contributed by atoms with E-state index >= 15 is 0 Å². The van der Waals surface area contributed by atoms with Gasteiger partial charge in [0.1, 0.15) is 0 Å². The maximum Gasteiger partial charge on any atom is 0.331 e. The highest BCUT2D eigenvalue weighted by molar-refractivity contribution is 7.10. The summed E-state index contributed by atoms with van der Waals surface area (Å²) in [5.41, 5.74) is 1.23. The summed E-state index contributed by atoms with van der Waals surface area (Å²) >= 11 is 1.64. The Morgan fingerprint density at radius 1 is 1.35 bits per heavy atom. The molecule has 0 saturated heterocycles. The molecular weight excluding hydrogens is 314 g/mol. The van der Waals surface area contributed by atoms with Crippen molar-refractivity contribution in [2.75, 3.05) is 5.32 Å². The number of carbonyl (C=O) groups is 2. The highest BCUT2D eigenvalue weighted by Crippen LogP contribution is 2.30. The molecule has 0 aliphatic heterocycles. The second kappa shape index (κ2) is 5.81. The highest BCUT2D eigenvalue weighted by atomic mass is 32.1. The van der Waals surface area contributed by atoms with Crippen LogP contribution in [0.15, 0.2) is 17.8 Å². The molecule has 1 aliphatic carbocycles. The third kappa shape index (κ3) is 2.88. The minimum Gasteiger partial charge on any atom is -0.479 e. The number of carbonyl (C=O) groups excluding carboxylic acids is 1. The zero-order valence-electron chi connectivity index (χ0n) is 13.1. The van der Waals surface area contributed by atoms with Crippen molar-refractivity contribution in [2.24, 2.45) is 0 Å². The fraction of sp³-hybridized carbons (Fsp3) is 0.438. The fourth-order valence-corrected chi connectivity index (χ4v) is 3.80. The van der Waals surface area contributed by atoms with Crippen LogP contribution in [-0.4, -0.2) is 26.8 Å². The zero-order valence-corrected chi connectivity index (χ0v) is 13.9. The Kier molecular flexibility index (Phi) is 3.97. The van der Waals surface area contributed by atoms with Crippen molar-refractivity contribution in [2.45, 2.75) is 45.1 Å². The first-order valence-electron chi connectivity index (χ1n) is 7.58. The van der Waals surface area contributed by atoms with Gasteiger partial charge in [-0.15, -0.1) is 11.3 Å². The first-order chi connectivity index (χ1) is 10.9. The molecule has 3 rings (SSSR count). The number of fused-ring (bicyclic) bond motifs is 1. The molecule has 0 spiro atoms. The molecule has 6 nitrogen and oxygen atoms in total. The minimum atomic E-state index is -1.16. The molecule has 2 aromatic rings. The molecule has 0 fully saturated rings. The third-order valence-electron chi connectivity index (χ3n) is 4.24. The van der Waals surface area contributed by atoms with E-state index in [2.05, 4.69) is 10.4 Å². The number of nitrogens with one attached hydrogen (secondary N) is 1. The molecule has 23 heavy (non-hydrogen) atoms. The number of carboxylic acids is 1. The van der Waals surface area contributed by atoms with Gasteiger partial charge in [0.25, 0.3) is 5.91 Å². The fourth-order valence-electron chi connectivity index (χ4n) is 2.67. The molecule has 122 valence electrons. The van der Waals surface area contributed by atoms with E-state index in [1.54, 1.807) is 31.4 Å². The Balaban J connectivity index is 1.78. The average Bonchev–Trinajstić information content (AvgIpc) is 3.13. The van der Waals surface area contributed by atoms with E-state index in [-0.39, 0.29) is 5.91 Å². The van der Waals surface area contributed by atoms with Crippen LogP contribution in [0.3, 0.4) is 0 Å². The summed E-state index contributed by atoms with van der Waals surface area (Å²) in [6.45, 7) is 3.12. The molecule has 7 heteroatoms. The number of hydrogen-bond acceptors (Lipinski definition) is 4. The number of rotatable bonds is 4. The van der Waals surface area contributed by atoms with Crippen molar-refractivity contribution >= 4 is 28.9 Å². The summed E-state index contributed by atoms with van der Waals surface area (Å²) in [4.78, 5) is 25.0. The number of aromatic nitrogens is 2. The van der Waals surface area contributed by atoms with Gasteiger partial charge in [-0.25, -0.2) is 4.79 Å². The summed E-state index contributed by atoms with van der Waals surface area (Å²) in [6.07, 6.45) is 7.33. The molecule has 0 unspecified atom stereocenters. The molecule has 0 bridgehead atoms. The second-order valence-electron chi connectivity index (χ2n) is 6.25. The Bertz CT molecular complexity index is 760. The molecule has 0 aromatic carbocycles. The molecule has 2 N–H and O–H groups in total. The van der Waals surface area contributed by atoms with E-state index in [4.69, 9.17) is 0 Å². The SMILES string of the molecule is CC(C)(C(=O)O)n1cc(NC(=O)c2csc3c2CCCC3)cn1. The van der Waals surface area contributed by atoms with Crippen molar-refractivity contribution in [1.82, 2.24) is 9.78 Å². The maximum absolute atomic E-state index is 12.5. The van der Waals surface area contributed by atoms with Crippen LogP contribution in [0.4, 0.5) is 5.69 Å². The number of hydrogen-bond donors (Lipinski definition) is 2. The molecule has 2 aromatic heterocycles. The second-order valence-corrected chi connectivity index (χ2v) is 7.21. The lowest BCUT2D eigenvalue weighted by atomic mass is 9.95. The van der Waals surface area contributed by atoms with Crippen molar-refractivity contribution in [3.05, 3.63) is 33.8 Å². The summed E-state index contributed by atoms with van der Waals surface area (Å²) in [7, 11) is 0. The highest BCUT2D eigenvalue weighted by Gasteiger charge is 2.30. The van der Waals surface area contributed by atoms with Gasteiger partial charge in [0, 0.05) is 16.5 Å².